The number of anilines is 1. The van der Waals surface area contributed by atoms with E-state index >= 15 is 0 Å². The van der Waals surface area contributed by atoms with E-state index < -0.39 is 0 Å². The van der Waals surface area contributed by atoms with E-state index in [2.05, 4.69) is 15.3 Å². The van der Waals surface area contributed by atoms with E-state index in [0.717, 1.165) is 47.6 Å². The smallest absolute Gasteiger partial charge is 0.348 e. The van der Waals surface area contributed by atoms with Crippen LogP contribution >= 0.6 is 11.3 Å². The van der Waals surface area contributed by atoms with Gasteiger partial charge in [0.1, 0.15) is 21.9 Å². The molecule has 0 bridgehead atoms. The first kappa shape index (κ1) is 15.2. The molecule has 0 unspecified atom stereocenters. The average Bonchev–Trinajstić information content (AvgIpc) is 3.14. The Bertz CT molecular complexity index is 680. The quantitative estimate of drug-likeness (QED) is 0.854. The molecular weight excluding hydrogens is 302 g/mol. The van der Waals surface area contributed by atoms with Crippen molar-refractivity contribution in [1.29, 1.82) is 0 Å². The molecular formula is C15H19N3O3S. The predicted octanol–water partition coefficient (Wildman–Crippen LogP) is 2.77. The van der Waals surface area contributed by atoms with E-state index in [1.54, 1.807) is 6.92 Å². The topological polar surface area (TPSA) is 73.3 Å². The molecule has 6 nitrogen and oxygen atoms in total. The van der Waals surface area contributed by atoms with Gasteiger partial charge in [-0.05, 0) is 32.3 Å². The highest BCUT2D eigenvalue weighted by Gasteiger charge is 2.21. The van der Waals surface area contributed by atoms with Crippen molar-refractivity contribution in [1.82, 2.24) is 9.97 Å². The molecule has 7 heteroatoms. The number of aromatic nitrogens is 2. The second-order valence-electron chi connectivity index (χ2n) is 5.20. The third-order valence-corrected chi connectivity index (χ3v) is 4.89. The number of carbonyl (C=O) groups excluding carboxylic acids is 1. The molecule has 1 N–H and O–H groups in total. The maximum Gasteiger partial charge on any atom is 0.348 e. The number of thiophene rings is 1. The van der Waals surface area contributed by atoms with Crippen LogP contribution in [0.3, 0.4) is 0 Å². The summed E-state index contributed by atoms with van der Waals surface area (Å²) in [7, 11) is 0. The Morgan fingerprint density at radius 3 is 3.14 bits per heavy atom. The number of ether oxygens (including phenoxy) is 2. The van der Waals surface area contributed by atoms with Crippen LogP contribution in [0.4, 0.5) is 5.82 Å². The monoisotopic (exact) mass is 321 g/mol. The Morgan fingerprint density at radius 2 is 2.41 bits per heavy atom. The molecule has 1 aliphatic rings. The lowest BCUT2D eigenvalue weighted by Crippen LogP contribution is -2.19. The average molecular weight is 321 g/mol. The maximum absolute atomic E-state index is 12.0. The minimum absolute atomic E-state index is 0.230. The van der Waals surface area contributed by atoms with E-state index in [-0.39, 0.29) is 12.1 Å². The largest absolute Gasteiger partial charge is 0.462 e. The van der Waals surface area contributed by atoms with E-state index in [1.165, 1.54) is 17.7 Å². The van der Waals surface area contributed by atoms with E-state index in [0.29, 0.717) is 11.5 Å². The number of hydrogen-bond acceptors (Lipinski definition) is 7. The third kappa shape index (κ3) is 2.91. The van der Waals surface area contributed by atoms with Crippen LogP contribution in [0.25, 0.3) is 10.2 Å². The standard InChI is InChI=1S/C15H19N3O3S/c1-3-20-15(19)12-9(2)11-13(17-8-18-14(11)22-12)16-7-10-5-4-6-21-10/h8,10H,3-7H2,1-2H3,(H,16,17,18)/t10-/m0/s1. The first-order valence-corrected chi connectivity index (χ1v) is 8.29. The van der Waals surface area contributed by atoms with Gasteiger partial charge in [0.2, 0.25) is 0 Å². The molecule has 3 rings (SSSR count). The Balaban J connectivity index is 1.88. The summed E-state index contributed by atoms with van der Waals surface area (Å²) < 4.78 is 10.7. The fourth-order valence-corrected chi connectivity index (χ4v) is 3.66. The van der Waals surface area contributed by atoms with Gasteiger partial charge in [-0.25, -0.2) is 14.8 Å². The first-order chi connectivity index (χ1) is 10.7. The molecule has 1 aliphatic heterocycles. The number of nitrogens with one attached hydrogen (secondary N) is 1. The molecule has 0 amide bonds. The lowest BCUT2D eigenvalue weighted by molar-refractivity contribution is 0.0531. The fourth-order valence-electron chi connectivity index (χ4n) is 2.61. The van der Waals surface area contributed by atoms with Gasteiger partial charge in [0.15, 0.2) is 0 Å². The highest BCUT2D eigenvalue weighted by Crippen LogP contribution is 2.33. The van der Waals surface area contributed by atoms with Crippen LogP contribution < -0.4 is 5.32 Å². The molecule has 1 atom stereocenters. The van der Waals surface area contributed by atoms with Crippen LogP contribution in [0.15, 0.2) is 6.33 Å². The molecule has 0 spiro atoms. The zero-order valence-electron chi connectivity index (χ0n) is 12.7. The Hall–Kier alpha value is -1.73. The number of hydrogen-bond donors (Lipinski definition) is 1. The van der Waals surface area contributed by atoms with Crippen molar-refractivity contribution in [3.05, 3.63) is 16.8 Å². The van der Waals surface area contributed by atoms with Crippen LogP contribution in [-0.4, -0.2) is 41.8 Å². The van der Waals surface area contributed by atoms with Crippen molar-refractivity contribution in [2.24, 2.45) is 0 Å². The van der Waals surface area contributed by atoms with Gasteiger partial charge >= 0.3 is 5.97 Å². The summed E-state index contributed by atoms with van der Waals surface area (Å²) in [4.78, 5) is 22.0. The SMILES string of the molecule is CCOC(=O)c1sc2ncnc(NC[C@@H]3CCCO3)c2c1C. The van der Waals surface area contributed by atoms with Gasteiger partial charge in [-0.1, -0.05) is 0 Å². The number of nitrogens with zero attached hydrogens (tertiary/aromatic N) is 2. The van der Waals surface area contributed by atoms with Crippen molar-refractivity contribution in [3.63, 3.8) is 0 Å². The summed E-state index contributed by atoms with van der Waals surface area (Å²) in [6.45, 7) is 5.62. The fraction of sp³-hybridized carbons (Fsp3) is 0.533. The molecule has 118 valence electrons. The zero-order valence-corrected chi connectivity index (χ0v) is 13.5. The number of aryl methyl sites for hydroxylation is 1. The molecule has 2 aromatic rings. The molecule has 0 radical (unpaired) electrons. The molecule has 22 heavy (non-hydrogen) atoms. The number of fused-ring (bicyclic) bond motifs is 1. The van der Waals surface area contributed by atoms with Gasteiger partial charge in [0.05, 0.1) is 18.1 Å². The summed E-state index contributed by atoms with van der Waals surface area (Å²) in [5.41, 5.74) is 0.869. The minimum atomic E-state index is -0.298. The summed E-state index contributed by atoms with van der Waals surface area (Å²) in [5.74, 6) is 0.456. The summed E-state index contributed by atoms with van der Waals surface area (Å²) >= 11 is 1.35. The van der Waals surface area contributed by atoms with Crippen LogP contribution in [0.1, 0.15) is 35.0 Å². The van der Waals surface area contributed by atoms with Crippen molar-refractivity contribution < 1.29 is 14.3 Å². The van der Waals surface area contributed by atoms with Crippen molar-refractivity contribution in [2.75, 3.05) is 25.1 Å². The summed E-state index contributed by atoms with van der Waals surface area (Å²) in [5, 5.41) is 4.23. The molecule has 0 saturated carbocycles. The molecule has 2 aromatic heterocycles. The van der Waals surface area contributed by atoms with Crippen LogP contribution in [0, 0.1) is 6.92 Å². The highest BCUT2D eigenvalue weighted by molar-refractivity contribution is 7.20. The van der Waals surface area contributed by atoms with Gasteiger partial charge < -0.3 is 14.8 Å². The van der Waals surface area contributed by atoms with Crippen molar-refractivity contribution >= 4 is 33.3 Å². The third-order valence-electron chi connectivity index (χ3n) is 3.71. The van der Waals surface area contributed by atoms with E-state index in [9.17, 15) is 4.79 Å². The zero-order chi connectivity index (χ0) is 15.5. The summed E-state index contributed by atoms with van der Waals surface area (Å²) in [6, 6.07) is 0. The van der Waals surface area contributed by atoms with Gasteiger partial charge in [0.25, 0.3) is 0 Å². The Labute approximate surface area is 132 Å². The lowest BCUT2D eigenvalue weighted by Gasteiger charge is -2.12. The normalized spacial score (nSPS) is 17.8. The van der Waals surface area contributed by atoms with Crippen LogP contribution in [0.5, 0.6) is 0 Å². The van der Waals surface area contributed by atoms with Gasteiger partial charge in [-0.2, -0.15) is 0 Å². The molecule has 1 saturated heterocycles. The van der Waals surface area contributed by atoms with Gasteiger partial charge in [-0.3, -0.25) is 0 Å². The summed E-state index contributed by atoms with van der Waals surface area (Å²) in [6.07, 6.45) is 3.92. The van der Waals surface area contributed by atoms with Gasteiger partial charge in [0, 0.05) is 13.2 Å². The Morgan fingerprint density at radius 1 is 1.55 bits per heavy atom. The number of carbonyl (C=O) groups is 1. The maximum atomic E-state index is 12.0. The van der Waals surface area contributed by atoms with E-state index in [1.807, 2.05) is 6.92 Å². The highest BCUT2D eigenvalue weighted by atomic mass is 32.1. The number of esters is 1. The predicted molar refractivity (Wildman–Crippen MR) is 85.6 cm³/mol. The Kier molecular flexibility index (Phi) is 4.54. The van der Waals surface area contributed by atoms with Crippen LogP contribution in [0.2, 0.25) is 0 Å². The lowest BCUT2D eigenvalue weighted by atomic mass is 10.2. The van der Waals surface area contributed by atoms with Crippen molar-refractivity contribution in [3.8, 4) is 0 Å². The second kappa shape index (κ2) is 6.58. The molecule has 0 aliphatic carbocycles. The molecule has 0 aromatic carbocycles. The van der Waals surface area contributed by atoms with E-state index in [4.69, 9.17) is 9.47 Å². The molecule has 3 heterocycles. The first-order valence-electron chi connectivity index (χ1n) is 7.47. The number of rotatable bonds is 5. The van der Waals surface area contributed by atoms with Crippen LogP contribution in [-0.2, 0) is 9.47 Å². The second-order valence-corrected chi connectivity index (χ2v) is 6.19. The molecule has 1 fully saturated rings. The van der Waals surface area contributed by atoms with Gasteiger partial charge in [-0.15, -0.1) is 11.3 Å². The van der Waals surface area contributed by atoms with Crippen molar-refractivity contribution in [2.45, 2.75) is 32.8 Å². The minimum Gasteiger partial charge on any atom is -0.462 e.